The molecule has 1 N–H and O–H groups in total. The number of benzene rings is 1. The highest BCUT2D eigenvalue weighted by Gasteiger charge is 2.21. The van der Waals surface area contributed by atoms with Gasteiger partial charge in [-0.2, -0.15) is 0 Å². The maximum atomic E-state index is 12.5. The maximum Gasteiger partial charge on any atom is 0.246 e. The van der Waals surface area contributed by atoms with Gasteiger partial charge in [0.1, 0.15) is 0 Å². The Balaban J connectivity index is 1.78. The zero-order chi connectivity index (χ0) is 21.8. The first-order valence-corrected chi connectivity index (χ1v) is 10.3. The van der Waals surface area contributed by atoms with Crippen LogP contribution in [0, 0.1) is 0 Å². The number of ether oxygens (including phenoxy) is 3. The molecule has 1 aliphatic rings. The van der Waals surface area contributed by atoms with E-state index in [0.717, 1.165) is 12.0 Å². The molecule has 0 atom stereocenters. The molecule has 2 amide bonds. The van der Waals surface area contributed by atoms with Gasteiger partial charge in [0.25, 0.3) is 0 Å². The average molecular weight is 420 g/mol. The highest BCUT2D eigenvalue weighted by atomic mass is 16.5. The molecule has 0 unspecified atom stereocenters. The molecule has 1 aromatic rings. The number of hydrogen-bond donors (Lipinski definition) is 1. The van der Waals surface area contributed by atoms with Gasteiger partial charge in [-0.05, 0) is 37.1 Å². The van der Waals surface area contributed by atoms with Crippen molar-refractivity contribution in [2.45, 2.75) is 13.3 Å². The second kappa shape index (κ2) is 12.9. The molecule has 2 rings (SSSR count). The lowest BCUT2D eigenvalue weighted by molar-refractivity contribution is -0.128. The zero-order valence-electron chi connectivity index (χ0n) is 18.2. The van der Waals surface area contributed by atoms with Crippen molar-refractivity contribution in [2.24, 2.45) is 0 Å². The Bertz CT molecular complexity index is 715. The Kier molecular flexibility index (Phi) is 10.2. The summed E-state index contributed by atoms with van der Waals surface area (Å²) in [7, 11) is 3.24. The van der Waals surface area contributed by atoms with Gasteiger partial charge in [-0.15, -0.1) is 0 Å². The van der Waals surface area contributed by atoms with Crippen molar-refractivity contribution < 1.29 is 23.8 Å². The van der Waals surface area contributed by atoms with E-state index in [1.165, 1.54) is 0 Å². The van der Waals surface area contributed by atoms with Crippen molar-refractivity contribution in [3.63, 3.8) is 0 Å². The third kappa shape index (κ3) is 7.68. The van der Waals surface area contributed by atoms with Crippen LogP contribution in [0.5, 0.6) is 11.5 Å². The molecule has 1 aliphatic heterocycles. The maximum absolute atomic E-state index is 12.5. The number of carbonyl (C=O) groups is 2. The molecule has 30 heavy (non-hydrogen) atoms. The fourth-order valence-electron chi connectivity index (χ4n) is 3.17. The summed E-state index contributed by atoms with van der Waals surface area (Å²) in [5.41, 5.74) is 0.872. The van der Waals surface area contributed by atoms with Crippen LogP contribution in [0.4, 0.5) is 0 Å². The van der Waals surface area contributed by atoms with Gasteiger partial charge in [-0.3, -0.25) is 14.5 Å². The molecular formula is C22H33N3O5. The Hall–Kier alpha value is -2.58. The summed E-state index contributed by atoms with van der Waals surface area (Å²) in [4.78, 5) is 28.3. The minimum Gasteiger partial charge on any atom is -0.493 e. The number of nitrogens with zero attached hydrogens (tertiary/aromatic N) is 2. The molecule has 0 spiro atoms. The van der Waals surface area contributed by atoms with Crippen LogP contribution in [0.2, 0.25) is 0 Å². The van der Waals surface area contributed by atoms with Gasteiger partial charge in [0, 0.05) is 52.5 Å². The largest absolute Gasteiger partial charge is 0.493 e. The van der Waals surface area contributed by atoms with Crippen molar-refractivity contribution in [3.8, 4) is 11.5 Å². The predicted octanol–water partition coefficient (Wildman–Crippen LogP) is 1.40. The second-order valence-electron chi connectivity index (χ2n) is 6.97. The Morgan fingerprint density at radius 2 is 1.90 bits per heavy atom. The summed E-state index contributed by atoms with van der Waals surface area (Å²) in [6.07, 6.45) is 4.16. The molecule has 0 aliphatic carbocycles. The first-order chi connectivity index (χ1) is 14.6. The highest BCUT2D eigenvalue weighted by Crippen LogP contribution is 2.28. The Morgan fingerprint density at radius 1 is 1.13 bits per heavy atom. The van der Waals surface area contributed by atoms with Crippen LogP contribution < -0.4 is 14.8 Å². The molecular weight excluding hydrogens is 386 g/mol. The van der Waals surface area contributed by atoms with E-state index in [0.29, 0.717) is 64.0 Å². The number of methoxy groups -OCH3 is 2. The molecule has 1 aromatic carbocycles. The molecule has 8 nitrogen and oxygen atoms in total. The Labute approximate surface area is 178 Å². The lowest BCUT2D eigenvalue weighted by atomic mass is 10.2. The van der Waals surface area contributed by atoms with Crippen molar-refractivity contribution in [3.05, 3.63) is 29.8 Å². The van der Waals surface area contributed by atoms with Gasteiger partial charge in [0.2, 0.25) is 11.8 Å². The second-order valence-corrected chi connectivity index (χ2v) is 6.97. The van der Waals surface area contributed by atoms with Crippen molar-refractivity contribution in [1.29, 1.82) is 0 Å². The average Bonchev–Trinajstić information content (AvgIpc) is 2.76. The minimum atomic E-state index is -0.0348. The highest BCUT2D eigenvalue weighted by molar-refractivity contribution is 5.92. The van der Waals surface area contributed by atoms with Gasteiger partial charge in [0.05, 0.1) is 20.3 Å². The quantitative estimate of drug-likeness (QED) is 0.432. The molecule has 0 aromatic heterocycles. The van der Waals surface area contributed by atoms with Crippen LogP contribution in [-0.2, 0) is 14.3 Å². The van der Waals surface area contributed by atoms with Crippen LogP contribution in [0.15, 0.2) is 24.3 Å². The van der Waals surface area contributed by atoms with Gasteiger partial charge in [-0.25, -0.2) is 0 Å². The topological polar surface area (TPSA) is 80.3 Å². The number of carbonyl (C=O) groups excluding carboxylic acids is 2. The van der Waals surface area contributed by atoms with E-state index >= 15 is 0 Å². The summed E-state index contributed by atoms with van der Waals surface area (Å²) in [5, 5.41) is 2.89. The smallest absolute Gasteiger partial charge is 0.246 e. The fraction of sp³-hybridized carbons (Fsp3) is 0.545. The van der Waals surface area contributed by atoms with Crippen LogP contribution in [0.3, 0.4) is 0 Å². The van der Waals surface area contributed by atoms with Crippen LogP contribution in [0.1, 0.15) is 18.9 Å². The molecule has 166 valence electrons. The minimum absolute atomic E-state index is 0.00961. The molecule has 0 bridgehead atoms. The van der Waals surface area contributed by atoms with E-state index in [4.69, 9.17) is 14.2 Å². The zero-order valence-corrected chi connectivity index (χ0v) is 18.2. The molecule has 1 saturated heterocycles. The van der Waals surface area contributed by atoms with Crippen LogP contribution in [0.25, 0.3) is 6.08 Å². The SMILES string of the molecule is CCOc1cc(/C=C/C(=O)N2CCN(CC(=O)NCCCOC)CC2)ccc1OC. The normalized spacial score (nSPS) is 14.7. The van der Waals surface area contributed by atoms with Gasteiger partial charge in [0.15, 0.2) is 11.5 Å². The van der Waals surface area contributed by atoms with E-state index in [9.17, 15) is 9.59 Å². The van der Waals surface area contributed by atoms with E-state index in [2.05, 4.69) is 10.2 Å². The van der Waals surface area contributed by atoms with Gasteiger partial charge in [-0.1, -0.05) is 6.07 Å². The van der Waals surface area contributed by atoms with Crippen molar-refractivity contribution >= 4 is 17.9 Å². The van der Waals surface area contributed by atoms with Gasteiger partial charge < -0.3 is 24.4 Å². The number of rotatable bonds is 11. The van der Waals surface area contributed by atoms with E-state index in [1.807, 2.05) is 25.1 Å². The standard InChI is InChI=1S/C22H33N3O5/c1-4-30-20-16-18(6-8-19(20)29-3)7-9-22(27)25-13-11-24(12-14-25)17-21(26)23-10-5-15-28-2/h6-9,16H,4-5,10-15,17H2,1-3H3,(H,23,26)/b9-7+. The van der Waals surface area contributed by atoms with Crippen LogP contribution in [-0.4, -0.2) is 88.3 Å². The lowest BCUT2D eigenvalue weighted by Gasteiger charge is -2.33. The number of amides is 2. The third-order valence-corrected chi connectivity index (χ3v) is 4.80. The molecule has 1 heterocycles. The lowest BCUT2D eigenvalue weighted by Crippen LogP contribution is -2.50. The third-order valence-electron chi connectivity index (χ3n) is 4.80. The predicted molar refractivity (Wildman–Crippen MR) is 116 cm³/mol. The van der Waals surface area contributed by atoms with Crippen molar-refractivity contribution in [2.75, 3.05) is 66.7 Å². The molecule has 0 radical (unpaired) electrons. The fourth-order valence-corrected chi connectivity index (χ4v) is 3.17. The summed E-state index contributed by atoms with van der Waals surface area (Å²) >= 11 is 0. The van der Waals surface area contributed by atoms with Crippen molar-refractivity contribution in [1.82, 2.24) is 15.1 Å². The number of hydrogen-bond acceptors (Lipinski definition) is 6. The first kappa shape index (κ1) is 23.7. The van der Waals surface area contributed by atoms with E-state index in [-0.39, 0.29) is 11.8 Å². The molecule has 1 fully saturated rings. The number of piperazine rings is 1. The summed E-state index contributed by atoms with van der Waals surface area (Å²) < 4.78 is 15.8. The molecule has 8 heteroatoms. The Morgan fingerprint density at radius 3 is 2.57 bits per heavy atom. The van der Waals surface area contributed by atoms with E-state index in [1.54, 1.807) is 31.3 Å². The first-order valence-electron chi connectivity index (χ1n) is 10.3. The van der Waals surface area contributed by atoms with E-state index < -0.39 is 0 Å². The summed E-state index contributed by atoms with van der Waals surface area (Å²) in [6, 6.07) is 5.57. The monoisotopic (exact) mass is 419 g/mol. The van der Waals surface area contributed by atoms with Gasteiger partial charge >= 0.3 is 0 Å². The number of nitrogens with one attached hydrogen (secondary N) is 1. The summed E-state index contributed by atoms with van der Waals surface area (Å²) in [6.45, 7) is 6.64. The summed E-state index contributed by atoms with van der Waals surface area (Å²) in [5.74, 6) is 1.30. The van der Waals surface area contributed by atoms with Crippen LogP contribution >= 0.6 is 0 Å². The molecule has 0 saturated carbocycles.